The lowest BCUT2D eigenvalue weighted by molar-refractivity contribution is 1.21. The molecule has 1 nitrogen and oxygen atoms in total. The van der Waals surface area contributed by atoms with Gasteiger partial charge in [-0.1, -0.05) is 78.9 Å². The molecule has 1 aromatic heterocycles. The van der Waals surface area contributed by atoms with E-state index in [4.69, 9.17) is 0 Å². The van der Waals surface area contributed by atoms with Crippen molar-refractivity contribution in [3.63, 3.8) is 0 Å². The first kappa shape index (κ1) is 15.8. The second-order valence-electron chi connectivity index (χ2n) is 6.93. The van der Waals surface area contributed by atoms with Gasteiger partial charge < -0.3 is 0 Å². The summed E-state index contributed by atoms with van der Waals surface area (Å²) in [4.78, 5) is 4.64. The standard InChI is InChI=1S/C26H19N/c1-18-7-6-12-26(27-18)20-15-13-19(14-16-20)25-17-21-8-2-3-9-22(21)23-10-4-5-11-24(23)25/h2-17H,1H3. The van der Waals surface area contributed by atoms with E-state index in [-0.39, 0.29) is 0 Å². The monoisotopic (exact) mass is 345 g/mol. The molecule has 0 bridgehead atoms. The first-order valence-electron chi connectivity index (χ1n) is 9.24. The van der Waals surface area contributed by atoms with Gasteiger partial charge in [0, 0.05) is 11.3 Å². The Morgan fingerprint density at radius 2 is 1.22 bits per heavy atom. The van der Waals surface area contributed by atoms with Crippen LogP contribution in [0.4, 0.5) is 0 Å². The van der Waals surface area contributed by atoms with Crippen molar-refractivity contribution < 1.29 is 0 Å². The minimum atomic E-state index is 1.02. The SMILES string of the molecule is Cc1cccc(-c2ccc(-c3cc4ccccc4c4ccccc34)cc2)n1. The molecule has 0 atom stereocenters. The van der Waals surface area contributed by atoms with Crippen molar-refractivity contribution in [3.8, 4) is 22.4 Å². The number of hydrogen-bond acceptors (Lipinski definition) is 1. The van der Waals surface area contributed by atoms with Crippen molar-refractivity contribution in [2.24, 2.45) is 0 Å². The first-order chi connectivity index (χ1) is 13.3. The van der Waals surface area contributed by atoms with E-state index in [9.17, 15) is 0 Å². The van der Waals surface area contributed by atoms with Gasteiger partial charge in [-0.05, 0) is 57.8 Å². The summed E-state index contributed by atoms with van der Waals surface area (Å²) in [5.41, 5.74) is 5.70. The number of fused-ring (bicyclic) bond motifs is 3. The Labute approximate surface area is 158 Å². The number of rotatable bonds is 2. The van der Waals surface area contributed by atoms with E-state index in [1.165, 1.54) is 32.7 Å². The van der Waals surface area contributed by atoms with Crippen LogP contribution in [-0.2, 0) is 0 Å². The fourth-order valence-electron chi connectivity index (χ4n) is 3.82. The van der Waals surface area contributed by atoms with Crippen LogP contribution in [0.1, 0.15) is 5.69 Å². The molecule has 5 aromatic rings. The lowest BCUT2D eigenvalue weighted by atomic mass is 9.93. The van der Waals surface area contributed by atoms with E-state index in [2.05, 4.69) is 96.0 Å². The second-order valence-corrected chi connectivity index (χ2v) is 6.93. The number of aromatic nitrogens is 1. The van der Waals surface area contributed by atoms with Gasteiger partial charge in [-0.15, -0.1) is 0 Å². The van der Waals surface area contributed by atoms with E-state index in [0.717, 1.165) is 17.0 Å². The molecule has 1 heteroatoms. The molecule has 128 valence electrons. The highest BCUT2D eigenvalue weighted by atomic mass is 14.7. The van der Waals surface area contributed by atoms with Gasteiger partial charge in [0.15, 0.2) is 0 Å². The van der Waals surface area contributed by atoms with Crippen LogP contribution in [0.5, 0.6) is 0 Å². The van der Waals surface area contributed by atoms with Crippen LogP contribution in [0.2, 0.25) is 0 Å². The molecule has 4 aromatic carbocycles. The molecule has 27 heavy (non-hydrogen) atoms. The molecular formula is C26H19N. The average molecular weight is 345 g/mol. The van der Waals surface area contributed by atoms with Gasteiger partial charge in [0.05, 0.1) is 5.69 Å². The average Bonchev–Trinajstić information content (AvgIpc) is 2.73. The largest absolute Gasteiger partial charge is 0.253 e. The number of benzene rings is 4. The van der Waals surface area contributed by atoms with Crippen molar-refractivity contribution in [2.45, 2.75) is 6.92 Å². The van der Waals surface area contributed by atoms with Gasteiger partial charge in [0.25, 0.3) is 0 Å². The maximum atomic E-state index is 4.64. The molecule has 0 radical (unpaired) electrons. The Morgan fingerprint density at radius 3 is 2.00 bits per heavy atom. The maximum Gasteiger partial charge on any atom is 0.0705 e. The number of pyridine rings is 1. The Hall–Kier alpha value is -3.45. The van der Waals surface area contributed by atoms with Gasteiger partial charge in [0.2, 0.25) is 0 Å². The van der Waals surface area contributed by atoms with Crippen molar-refractivity contribution in [1.29, 1.82) is 0 Å². The Balaban J connectivity index is 1.69. The summed E-state index contributed by atoms with van der Waals surface area (Å²) in [5.74, 6) is 0. The Morgan fingerprint density at radius 1 is 0.556 bits per heavy atom. The molecule has 0 amide bonds. The number of aryl methyl sites for hydroxylation is 1. The molecule has 0 fully saturated rings. The third kappa shape index (κ3) is 2.78. The highest BCUT2D eigenvalue weighted by Gasteiger charge is 2.08. The van der Waals surface area contributed by atoms with Crippen LogP contribution < -0.4 is 0 Å². The molecule has 0 spiro atoms. The Kier molecular flexibility index (Phi) is 3.72. The zero-order valence-electron chi connectivity index (χ0n) is 15.2. The number of hydrogen-bond donors (Lipinski definition) is 0. The van der Waals surface area contributed by atoms with Crippen LogP contribution in [0.25, 0.3) is 43.9 Å². The number of nitrogens with zero attached hydrogens (tertiary/aromatic N) is 1. The summed E-state index contributed by atoms with van der Waals surface area (Å²) in [6.45, 7) is 2.03. The van der Waals surface area contributed by atoms with E-state index in [1.54, 1.807) is 0 Å². The minimum Gasteiger partial charge on any atom is -0.253 e. The molecule has 0 unspecified atom stereocenters. The van der Waals surface area contributed by atoms with Crippen molar-refractivity contribution >= 4 is 21.5 Å². The smallest absolute Gasteiger partial charge is 0.0705 e. The Bertz CT molecular complexity index is 1270. The predicted molar refractivity (Wildman–Crippen MR) is 115 cm³/mol. The van der Waals surface area contributed by atoms with Crippen molar-refractivity contribution in [3.05, 3.63) is 103 Å². The van der Waals surface area contributed by atoms with Crippen molar-refractivity contribution in [1.82, 2.24) is 4.98 Å². The third-order valence-electron chi connectivity index (χ3n) is 5.15. The predicted octanol–water partition coefficient (Wildman–Crippen LogP) is 7.03. The fraction of sp³-hybridized carbons (Fsp3) is 0.0385. The van der Waals surface area contributed by atoms with Crippen LogP contribution in [0, 0.1) is 6.92 Å². The van der Waals surface area contributed by atoms with Crippen LogP contribution in [0.3, 0.4) is 0 Å². The highest BCUT2D eigenvalue weighted by Crippen LogP contribution is 2.35. The van der Waals surface area contributed by atoms with Gasteiger partial charge in [-0.3, -0.25) is 4.98 Å². The normalized spacial score (nSPS) is 11.1. The minimum absolute atomic E-state index is 1.02. The van der Waals surface area contributed by atoms with Gasteiger partial charge >= 0.3 is 0 Å². The highest BCUT2D eigenvalue weighted by molar-refractivity contribution is 6.13. The van der Waals surface area contributed by atoms with Gasteiger partial charge in [-0.2, -0.15) is 0 Å². The molecule has 5 rings (SSSR count). The van der Waals surface area contributed by atoms with Gasteiger partial charge in [-0.25, -0.2) is 0 Å². The zero-order chi connectivity index (χ0) is 18.2. The van der Waals surface area contributed by atoms with Crippen LogP contribution in [-0.4, -0.2) is 4.98 Å². The lowest BCUT2D eigenvalue weighted by Crippen LogP contribution is -1.87. The van der Waals surface area contributed by atoms with Crippen LogP contribution >= 0.6 is 0 Å². The molecule has 0 aliphatic heterocycles. The molecule has 0 saturated heterocycles. The molecule has 0 aliphatic rings. The van der Waals surface area contributed by atoms with E-state index < -0.39 is 0 Å². The van der Waals surface area contributed by atoms with Crippen LogP contribution in [0.15, 0.2) is 97.1 Å². The second kappa shape index (κ2) is 6.37. The summed E-state index contributed by atoms with van der Waals surface area (Å²) in [5, 5.41) is 5.17. The molecule has 0 saturated carbocycles. The van der Waals surface area contributed by atoms with Gasteiger partial charge in [0.1, 0.15) is 0 Å². The lowest BCUT2D eigenvalue weighted by Gasteiger charge is -2.11. The summed E-state index contributed by atoms with van der Waals surface area (Å²) >= 11 is 0. The quantitative estimate of drug-likeness (QED) is 0.313. The maximum absolute atomic E-state index is 4.64. The summed E-state index contributed by atoms with van der Waals surface area (Å²) in [7, 11) is 0. The fourth-order valence-corrected chi connectivity index (χ4v) is 3.82. The van der Waals surface area contributed by atoms with E-state index >= 15 is 0 Å². The molecule has 0 aliphatic carbocycles. The zero-order valence-corrected chi connectivity index (χ0v) is 15.2. The summed E-state index contributed by atoms with van der Waals surface area (Å²) in [6, 6.07) is 34.5. The summed E-state index contributed by atoms with van der Waals surface area (Å²) in [6.07, 6.45) is 0. The molecule has 1 heterocycles. The first-order valence-corrected chi connectivity index (χ1v) is 9.24. The molecular weight excluding hydrogens is 326 g/mol. The van der Waals surface area contributed by atoms with Crippen molar-refractivity contribution in [2.75, 3.05) is 0 Å². The van der Waals surface area contributed by atoms with E-state index in [0.29, 0.717) is 0 Å². The molecule has 0 N–H and O–H groups in total. The third-order valence-corrected chi connectivity index (χ3v) is 5.15. The van der Waals surface area contributed by atoms with E-state index in [1.807, 2.05) is 13.0 Å². The topological polar surface area (TPSA) is 12.9 Å². The summed E-state index contributed by atoms with van der Waals surface area (Å²) < 4.78 is 0.